The van der Waals surface area contributed by atoms with E-state index in [0.29, 0.717) is 11.9 Å². The molecule has 66 valence electrons. The van der Waals surface area contributed by atoms with Crippen molar-refractivity contribution in [2.45, 2.75) is 18.8 Å². The third-order valence-corrected chi connectivity index (χ3v) is 2.11. The predicted octanol–water partition coefficient (Wildman–Crippen LogP) is 0.281. The number of nitrogens with zero attached hydrogens (tertiary/aromatic N) is 2. The van der Waals surface area contributed by atoms with E-state index in [2.05, 4.69) is 15.2 Å². The summed E-state index contributed by atoms with van der Waals surface area (Å²) in [5.74, 6) is 1.65. The van der Waals surface area contributed by atoms with E-state index in [-0.39, 0.29) is 0 Å². The van der Waals surface area contributed by atoms with Crippen LogP contribution in [-0.2, 0) is 4.74 Å². The van der Waals surface area contributed by atoms with Crippen LogP contribution < -0.4 is 5.73 Å². The van der Waals surface area contributed by atoms with Crippen molar-refractivity contribution in [3.63, 3.8) is 0 Å². The molecule has 2 heterocycles. The first-order chi connectivity index (χ1) is 5.86. The van der Waals surface area contributed by atoms with Gasteiger partial charge in [-0.1, -0.05) is 0 Å². The number of nitrogens with one attached hydrogen (secondary N) is 1. The fraction of sp³-hybridized carbons (Fsp3) is 0.714. The highest BCUT2D eigenvalue weighted by molar-refractivity contribution is 5.14. The van der Waals surface area contributed by atoms with E-state index in [0.717, 1.165) is 31.9 Å². The molecule has 0 amide bonds. The van der Waals surface area contributed by atoms with Crippen molar-refractivity contribution in [2.24, 2.45) is 0 Å². The molecule has 5 heteroatoms. The second-order valence-electron chi connectivity index (χ2n) is 2.97. The second-order valence-corrected chi connectivity index (χ2v) is 2.97. The van der Waals surface area contributed by atoms with Crippen molar-refractivity contribution in [3.8, 4) is 0 Å². The van der Waals surface area contributed by atoms with E-state index < -0.39 is 0 Å². The number of aromatic amines is 1. The molecular formula is C7H12N4O. The van der Waals surface area contributed by atoms with Crippen LogP contribution in [0.25, 0.3) is 0 Å². The molecule has 0 spiro atoms. The molecule has 0 aliphatic carbocycles. The largest absolute Gasteiger partial charge is 0.381 e. The maximum Gasteiger partial charge on any atom is 0.216 e. The van der Waals surface area contributed by atoms with E-state index >= 15 is 0 Å². The Morgan fingerprint density at radius 3 is 2.75 bits per heavy atom. The molecule has 0 saturated carbocycles. The Hall–Kier alpha value is -1.10. The van der Waals surface area contributed by atoms with E-state index in [1.807, 2.05) is 0 Å². The monoisotopic (exact) mass is 168 g/mol. The molecule has 12 heavy (non-hydrogen) atoms. The predicted molar refractivity (Wildman–Crippen MR) is 43.6 cm³/mol. The number of nitrogens with two attached hydrogens (primary N) is 1. The lowest BCUT2D eigenvalue weighted by Crippen LogP contribution is -2.15. The van der Waals surface area contributed by atoms with Gasteiger partial charge in [-0.05, 0) is 12.8 Å². The number of aromatic nitrogens is 3. The van der Waals surface area contributed by atoms with Crippen LogP contribution in [0.5, 0.6) is 0 Å². The Kier molecular flexibility index (Phi) is 1.95. The van der Waals surface area contributed by atoms with E-state index in [1.54, 1.807) is 0 Å². The molecule has 1 aliphatic heterocycles. The summed E-state index contributed by atoms with van der Waals surface area (Å²) in [5.41, 5.74) is 5.42. The van der Waals surface area contributed by atoms with Gasteiger partial charge in [0.2, 0.25) is 5.95 Å². The van der Waals surface area contributed by atoms with Crippen LogP contribution in [-0.4, -0.2) is 28.4 Å². The molecule has 0 radical (unpaired) electrons. The average Bonchev–Trinajstić information content (AvgIpc) is 2.54. The normalized spacial score (nSPS) is 19.7. The summed E-state index contributed by atoms with van der Waals surface area (Å²) in [6.45, 7) is 1.61. The van der Waals surface area contributed by atoms with Crippen LogP contribution in [0.1, 0.15) is 24.6 Å². The molecule has 0 bridgehead atoms. The first kappa shape index (κ1) is 7.54. The maximum atomic E-state index is 5.42. The summed E-state index contributed by atoms with van der Waals surface area (Å²) in [6, 6.07) is 0. The van der Waals surface area contributed by atoms with Gasteiger partial charge in [-0.25, -0.2) is 5.10 Å². The number of hydrogen-bond donors (Lipinski definition) is 2. The number of rotatable bonds is 1. The second kappa shape index (κ2) is 3.10. The van der Waals surface area contributed by atoms with E-state index in [1.165, 1.54) is 0 Å². The molecule has 0 aromatic carbocycles. The van der Waals surface area contributed by atoms with Crippen molar-refractivity contribution >= 4 is 5.95 Å². The minimum atomic E-state index is 0.400. The zero-order valence-corrected chi connectivity index (χ0v) is 6.79. The number of nitrogen functional groups attached to an aromatic ring is 1. The molecule has 1 aromatic heterocycles. The van der Waals surface area contributed by atoms with Gasteiger partial charge in [0, 0.05) is 19.1 Å². The molecule has 0 atom stereocenters. The summed E-state index contributed by atoms with van der Waals surface area (Å²) in [5, 5.41) is 6.66. The smallest absolute Gasteiger partial charge is 0.216 e. The summed E-state index contributed by atoms with van der Waals surface area (Å²) >= 11 is 0. The molecule has 1 aliphatic rings. The van der Waals surface area contributed by atoms with Gasteiger partial charge >= 0.3 is 0 Å². The van der Waals surface area contributed by atoms with Crippen molar-refractivity contribution < 1.29 is 4.74 Å². The minimum absolute atomic E-state index is 0.400. The highest BCUT2D eigenvalue weighted by Crippen LogP contribution is 2.23. The lowest BCUT2D eigenvalue weighted by molar-refractivity contribution is 0.0836. The van der Waals surface area contributed by atoms with Crippen LogP contribution in [0.15, 0.2) is 0 Å². The third kappa shape index (κ3) is 1.40. The SMILES string of the molecule is Nc1nc(C2CCOCC2)n[nH]1. The zero-order chi connectivity index (χ0) is 8.39. The Balaban J connectivity index is 2.08. The minimum Gasteiger partial charge on any atom is -0.381 e. The number of H-pyrrole nitrogens is 1. The van der Waals surface area contributed by atoms with Crippen molar-refractivity contribution in [1.82, 2.24) is 15.2 Å². The molecule has 1 aromatic rings. The summed E-state index contributed by atoms with van der Waals surface area (Å²) < 4.78 is 5.23. The van der Waals surface area contributed by atoms with Crippen LogP contribution >= 0.6 is 0 Å². The molecule has 0 unspecified atom stereocenters. The number of hydrogen-bond acceptors (Lipinski definition) is 4. The van der Waals surface area contributed by atoms with Gasteiger partial charge < -0.3 is 10.5 Å². The van der Waals surface area contributed by atoms with Crippen LogP contribution in [0.3, 0.4) is 0 Å². The van der Waals surface area contributed by atoms with Crippen molar-refractivity contribution in [3.05, 3.63) is 5.82 Å². The summed E-state index contributed by atoms with van der Waals surface area (Å²) in [6.07, 6.45) is 1.99. The van der Waals surface area contributed by atoms with Gasteiger partial charge in [0.15, 0.2) is 5.82 Å². The lowest BCUT2D eigenvalue weighted by Gasteiger charge is -2.18. The first-order valence-electron chi connectivity index (χ1n) is 4.12. The van der Waals surface area contributed by atoms with E-state index in [4.69, 9.17) is 10.5 Å². The maximum absolute atomic E-state index is 5.42. The number of anilines is 1. The molecule has 1 saturated heterocycles. The fourth-order valence-corrected chi connectivity index (χ4v) is 1.43. The zero-order valence-electron chi connectivity index (χ0n) is 6.79. The highest BCUT2D eigenvalue weighted by atomic mass is 16.5. The standard InChI is InChI=1S/C7H12N4O/c8-7-9-6(10-11-7)5-1-3-12-4-2-5/h5H,1-4H2,(H3,8,9,10,11). The Morgan fingerprint density at radius 1 is 1.42 bits per heavy atom. The van der Waals surface area contributed by atoms with Gasteiger partial charge in [-0.3, -0.25) is 0 Å². The Morgan fingerprint density at radius 2 is 2.17 bits per heavy atom. The molecule has 3 N–H and O–H groups in total. The Labute approximate surface area is 70.3 Å². The lowest BCUT2D eigenvalue weighted by atomic mass is 10.00. The van der Waals surface area contributed by atoms with E-state index in [9.17, 15) is 0 Å². The Bertz CT molecular complexity index is 254. The summed E-state index contributed by atoms with van der Waals surface area (Å²) in [7, 11) is 0. The summed E-state index contributed by atoms with van der Waals surface area (Å²) in [4.78, 5) is 4.09. The van der Waals surface area contributed by atoms with Gasteiger partial charge in [0.25, 0.3) is 0 Å². The van der Waals surface area contributed by atoms with Gasteiger partial charge in [-0.2, -0.15) is 10.1 Å². The van der Waals surface area contributed by atoms with Crippen molar-refractivity contribution in [1.29, 1.82) is 0 Å². The number of ether oxygens (including phenoxy) is 1. The molecular weight excluding hydrogens is 156 g/mol. The molecule has 1 fully saturated rings. The van der Waals surface area contributed by atoms with Gasteiger partial charge in [0.1, 0.15) is 0 Å². The topological polar surface area (TPSA) is 76.8 Å². The fourth-order valence-electron chi connectivity index (χ4n) is 1.43. The quantitative estimate of drug-likeness (QED) is 0.631. The van der Waals surface area contributed by atoms with Crippen LogP contribution in [0, 0.1) is 0 Å². The molecule has 2 rings (SSSR count). The highest BCUT2D eigenvalue weighted by Gasteiger charge is 2.19. The van der Waals surface area contributed by atoms with Gasteiger partial charge in [0.05, 0.1) is 0 Å². The third-order valence-electron chi connectivity index (χ3n) is 2.11. The van der Waals surface area contributed by atoms with Crippen LogP contribution in [0.2, 0.25) is 0 Å². The average molecular weight is 168 g/mol. The van der Waals surface area contributed by atoms with Gasteiger partial charge in [-0.15, -0.1) is 0 Å². The van der Waals surface area contributed by atoms with Crippen LogP contribution in [0.4, 0.5) is 5.95 Å². The van der Waals surface area contributed by atoms with Crippen molar-refractivity contribution in [2.75, 3.05) is 18.9 Å². The molecule has 5 nitrogen and oxygen atoms in total. The first-order valence-corrected chi connectivity index (χ1v) is 4.12.